The first-order valence-corrected chi connectivity index (χ1v) is 9.54. The molecule has 3 N–H and O–H groups in total. The molecule has 0 fully saturated rings. The molecule has 0 aliphatic heterocycles. The van der Waals surface area contributed by atoms with E-state index in [0.29, 0.717) is 35.0 Å². The van der Waals surface area contributed by atoms with Crippen molar-refractivity contribution in [2.24, 2.45) is 0 Å². The molecule has 2 aromatic heterocycles. The maximum atomic E-state index is 10.6. The molecule has 1 aliphatic carbocycles. The minimum absolute atomic E-state index is 0.237. The van der Waals surface area contributed by atoms with Crippen molar-refractivity contribution in [2.45, 2.75) is 31.9 Å². The largest absolute Gasteiger partial charge is 0.390 e. The van der Waals surface area contributed by atoms with E-state index in [0.717, 1.165) is 24.1 Å². The van der Waals surface area contributed by atoms with Crippen LogP contribution < -0.4 is 15.5 Å². The average Bonchev–Trinajstić information content (AvgIpc) is 3.01. The fourth-order valence-corrected chi connectivity index (χ4v) is 3.50. The van der Waals surface area contributed by atoms with Crippen LogP contribution in [-0.4, -0.2) is 51.8 Å². The van der Waals surface area contributed by atoms with E-state index >= 15 is 0 Å². The summed E-state index contributed by atoms with van der Waals surface area (Å²) >= 11 is 0. The van der Waals surface area contributed by atoms with Gasteiger partial charge in [0.1, 0.15) is 17.4 Å². The zero-order chi connectivity index (χ0) is 19.7. The van der Waals surface area contributed by atoms with Gasteiger partial charge in [0.15, 0.2) is 11.6 Å². The summed E-state index contributed by atoms with van der Waals surface area (Å²) in [5, 5.41) is 17.3. The number of rotatable bonds is 6. The second kappa shape index (κ2) is 7.55. The number of aliphatic hydroxyl groups is 1. The van der Waals surface area contributed by atoms with E-state index in [4.69, 9.17) is 0 Å². The van der Waals surface area contributed by atoms with Crippen molar-refractivity contribution in [1.82, 2.24) is 19.9 Å². The van der Waals surface area contributed by atoms with Gasteiger partial charge in [-0.1, -0.05) is 31.2 Å². The van der Waals surface area contributed by atoms with Crippen molar-refractivity contribution in [2.75, 3.05) is 36.2 Å². The van der Waals surface area contributed by atoms with E-state index in [9.17, 15) is 5.11 Å². The molecular formula is C20H25N7O. The standard InChI is InChI=1S/C20H25N7O/c1-4-9-21-18-16-17(25-20(26-18)27(2)3)19(23-11-22-16)24-15-13-8-6-5-7-12(13)10-14(15)28/h5-8,11,14-15,28H,4,9-10H2,1-3H3,(H,21,25,26)(H,22,23,24)/t14-,15+/m1/s1. The molecule has 0 bridgehead atoms. The van der Waals surface area contributed by atoms with E-state index in [1.807, 2.05) is 37.2 Å². The predicted molar refractivity (Wildman–Crippen MR) is 111 cm³/mol. The number of benzene rings is 1. The van der Waals surface area contributed by atoms with Gasteiger partial charge in [-0.3, -0.25) is 0 Å². The van der Waals surface area contributed by atoms with Gasteiger partial charge in [-0.15, -0.1) is 0 Å². The molecule has 0 saturated heterocycles. The number of anilines is 3. The van der Waals surface area contributed by atoms with Crippen LogP contribution in [0.4, 0.5) is 17.6 Å². The summed E-state index contributed by atoms with van der Waals surface area (Å²) in [6, 6.07) is 7.84. The lowest BCUT2D eigenvalue weighted by molar-refractivity contribution is 0.165. The van der Waals surface area contributed by atoms with Crippen molar-refractivity contribution in [3.63, 3.8) is 0 Å². The number of hydrogen-bond donors (Lipinski definition) is 3. The van der Waals surface area contributed by atoms with Gasteiger partial charge >= 0.3 is 0 Å². The van der Waals surface area contributed by atoms with Gasteiger partial charge in [-0.05, 0) is 17.5 Å². The lowest BCUT2D eigenvalue weighted by Gasteiger charge is -2.20. The minimum atomic E-state index is -0.518. The lowest BCUT2D eigenvalue weighted by atomic mass is 10.1. The van der Waals surface area contributed by atoms with Crippen LogP contribution in [0.2, 0.25) is 0 Å². The molecule has 2 heterocycles. The maximum Gasteiger partial charge on any atom is 0.227 e. The summed E-state index contributed by atoms with van der Waals surface area (Å²) in [5.41, 5.74) is 3.54. The van der Waals surface area contributed by atoms with Crippen molar-refractivity contribution >= 4 is 28.6 Å². The first kappa shape index (κ1) is 18.4. The van der Waals surface area contributed by atoms with Crippen molar-refractivity contribution in [3.8, 4) is 0 Å². The molecule has 2 atom stereocenters. The molecule has 146 valence electrons. The Balaban J connectivity index is 1.78. The Bertz CT molecular complexity index is 991. The Morgan fingerprint density at radius 1 is 1.11 bits per heavy atom. The second-order valence-corrected chi connectivity index (χ2v) is 7.21. The minimum Gasteiger partial charge on any atom is -0.390 e. The Kier molecular flexibility index (Phi) is 4.95. The SMILES string of the molecule is CCCNc1nc(N(C)C)nc2c(N[C@H]3c4ccccc4C[C@H]3O)ncnc12. The summed E-state index contributed by atoms with van der Waals surface area (Å²) in [6.45, 7) is 2.89. The van der Waals surface area contributed by atoms with Gasteiger partial charge in [0.25, 0.3) is 0 Å². The molecule has 1 aromatic carbocycles. The number of fused-ring (bicyclic) bond motifs is 2. The van der Waals surface area contributed by atoms with Gasteiger partial charge in [-0.25, -0.2) is 15.0 Å². The number of nitrogens with one attached hydrogen (secondary N) is 2. The van der Waals surface area contributed by atoms with E-state index in [1.54, 1.807) is 0 Å². The van der Waals surface area contributed by atoms with E-state index < -0.39 is 6.10 Å². The Labute approximate surface area is 164 Å². The Hall–Kier alpha value is -3.00. The molecule has 0 unspecified atom stereocenters. The van der Waals surface area contributed by atoms with Crippen LogP contribution in [-0.2, 0) is 6.42 Å². The Morgan fingerprint density at radius 3 is 2.71 bits per heavy atom. The third kappa shape index (κ3) is 3.31. The highest BCUT2D eigenvalue weighted by Crippen LogP contribution is 2.35. The zero-order valence-corrected chi connectivity index (χ0v) is 16.3. The van der Waals surface area contributed by atoms with Crippen LogP contribution in [0.1, 0.15) is 30.5 Å². The molecular weight excluding hydrogens is 354 g/mol. The molecule has 1 aliphatic rings. The first-order valence-electron chi connectivity index (χ1n) is 9.54. The Morgan fingerprint density at radius 2 is 1.93 bits per heavy atom. The molecule has 0 spiro atoms. The van der Waals surface area contributed by atoms with Crippen molar-refractivity contribution in [3.05, 3.63) is 41.7 Å². The number of aliphatic hydroxyl groups excluding tert-OH is 1. The van der Waals surface area contributed by atoms with Gasteiger partial charge in [0.2, 0.25) is 5.95 Å². The molecule has 0 amide bonds. The number of nitrogens with zero attached hydrogens (tertiary/aromatic N) is 5. The highest BCUT2D eigenvalue weighted by atomic mass is 16.3. The molecule has 0 radical (unpaired) electrons. The second-order valence-electron chi connectivity index (χ2n) is 7.21. The van der Waals surface area contributed by atoms with Crippen LogP contribution in [0.3, 0.4) is 0 Å². The quantitative estimate of drug-likeness (QED) is 0.600. The van der Waals surface area contributed by atoms with Gasteiger partial charge < -0.3 is 20.6 Å². The maximum absolute atomic E-state index is 10.6. The first-order chi connectivity index (χ1) is 13.6. The van der Waals surface area contributed by atoms with E-state index in [1.165, 1.54) is 6.33 Å². The predicted octanol–water partition coefficient (Wildman–Crippen LogP) is 2.38. The van der Waals surface area contributed by atoms with Crippen LogP contribution in [0.25, 0.3) is 11.0 Å². The third-order valence-electron chi connectivity index (χ3n) is 4.91. The summed E-state index contributed by atoms with van der Waals surface area (Å²) in [7, 11) is 3.80. The van der Waals surface area contributed by atoms with Crippen molar-refractivity contribution < 1.29 is 5.11 Å². The molecule has 3 aromatic rings. The van der Waals surface area contributed by atoms with Crippen LogP contribution in [0.5, 0.6) is 0 Å². The normalized spacial score (nSPS) is 18.1. The summed E-state index contributed by atoms with van der Waals surface area (Å²) < 4.78 is 0. The zero-order valence-electron chi connectivity index (χ0n) is 16.3. The smallest absolute Gasteiger partial charge is 0.227 e. The van der Waals surface area contributed by atoms with Gasteiger partial charge in [-0.2, -0.15) is 4.98 Å². The summed E-state index contributed by atoms with van der Waals surface area (Å²) in [6.07, 6.45) is 2.59. The third-order valence-corrected chi connectivity index (χ3v) is 4.91. The fraction of sp³-hybridized carbons (Fsp3) is 0.400. The monoisotopic (exact) mass is 379 g/mol. The van der Waals surface area contributed by atoms with Crippen LogP contribution in [0.15, 0.2) is 30.6 Å². The number of hydrogen-bond acceptors (Lipinski definition) is 8. The molecule has 4 rings (SSSR count). The number of aromatic nitrogens is 4. The summed E-state index contributed by atoms with van der Waals surface area (Å²) in [5.74, 6) is 1.86. The molecule has 28 heavy (non-hydrogen) atoms. The fourth-order valence-electron chi connectivity index (χ4n) is 3.50. The topological polar surface area (TPSA) is 99.1 Å². The molecule has 8 nitrogen and oxygen atoms in total. The average molecular weight is 379 g/mol. The van der Waals surface area contributed by atoms with E-state index in [-0.39, 0.29) is 6.04 Å². The van der Waals surface area contributed by atoms with Crippen LogP contribution in [0, 0.1) is 0 Å². The molecule has 0 saturated carbocycles. The molecule has 8 heteroatoms. The summed E-state index contributed by atoms with van der Waals surface area (Å²) in [4.78, 5) is 20.0. The highest BCUT2D eigenvalue weighted by Gasteiger charge is 2.31. The lowest BCUT2D eigenvalue weighted by Crippen LogP contribution is -2.22. The highest BCUT2D eigenvalue weighted by molar-refractivity contribution is 5.93. The van der Waals surface area contributed by atoms with Crippen LogP contribution >= 0.6 is 0 Å². The van der Waals surface area contributed by atoms with E-state index in [2.05, 4.69) is 43.6 Å². The van der Waals surface area contributed by atoms with Gasteiger partial charge in [0, 0.05) is 27.1 Å². The van der Waals surface area contributed by atoms with Crippen molar-refractivity contribution in [1.29, 1.82) is 0 Å². The van der Waals surface area contributed by atoms with Gasteiger partial charge in [0.05, 0.1) is 12.1 Å².